The molecule has 0 aliphatic carbocycles. The second-order valence-corrected chi connectivity index (χ2v) is 7.40. The van der Waals surface area contributed by atoms with E-state index < -0.39 is 0 Å². The zero-order valence-electron chi connectivity index (χ0n) is 16.8. The maximum Gasteiger partial charge on any atom is 0.256 e. The Labute approximate surface area is 185 Å². The van der Waals surface area contributed by atoms with Crippen LogP contribution in [0.5, 0.6) is 0 Å². The van der Waals surface area contributed by atoms with E-state index >= 15 is 0 Å². The lowest BCUT2D eigenvalue weighted by Gasteiger charge is -2.10. The summed E-state index contributed by atoms with van der Waals surface area (Å²) in [6.45, 7) is 3.92. The third-order valence-electron chi connectivity index (χ3n) is 4.44. The molecule has 0 saturated heterocycles. The number of allylic oxidation sites excluding steroid dienone is 1. The standard InChI is InChI=1S/C21H25Cl2N5O2/c1-25-15(13-30-2)6-4-3-5-7-16-19(11-24)27-21(28-20(16)29)26-12-14-8-9-17(22)18(23)10-14/h8-11,13,24H,1,3-7,12H2,2H3,(H2,26,27,28,29)/b15-13-,24-11?. The Morgan fingerprint density at radius 2 is 2.13 bits per heavy atom. The van der Waals surface area contributed by atoms with Gasteiger partial charge in [0, 0.05) is 18.3 Å². The maximum atomic E-state index is 12.5. The number of nitrogens with zero attached hydrogens (tertiary/aromatic N) is 2. The number of ether oxygens (including phenoxy) is 1. The average molecular weight is 450 g/mol. The van der Waals surface area contributed by atoms with Gasteiger partial charge in [0.25, 0.3) is 5.56 Å². The SMILES string of the molecule is C=N/C(=C\OC)CCCCCc1c(C=N)nc(NCc2ccc(Cl)c(Cl)c2)[nH]c1=O. The largest absolute Gasteiger partial charge is 0.502 e. The summed E-state index contributed by atoms with van der Waals surface area (Å²) in [6, 6.07) is 5.29. The molecule has 0 unspecified atom stereocenters. The number of aromatic amines is 1. The van der Waals surface area contributed by atoms with Gasteiger partial charge in [-0.1, -0.05) is 35.7 Å². The van der Waals surface area contributed by atoms with Crippen LogP contribution in [0.4, 0.5) is 5.95 Å². The highest BCUT2D eigenvalue weighted by atomic mass is 35.5. The van der Waals surface area contributed by atoms with Gasteiger partial charge in [0.1, 0.15) is 6.26 Å². The first-order valence-corrected chi connectivity index (χ1v) is 10.2. The number of benzene rings is 1. The zero-order chi connectivity index (χ0) is 21.9. The van der Waals surface area contributed by atoms with E-state index in [0.29, 0.717) is 40.2 Å². The first kappa shape index (κ1) is 23.6. The topological polar surface area (TPSA) is 103 Å². The zero-order valence-corrected chi connectivity index (χ0v) is 18.3. The first-order chi connectivity index (χ1) is 14.5. The van der Waals surface area contributed by atoms with Crippen LogP contribution in [0.25, 0.3) is 0 Å². The molecule has 1 aromatic carbocycles. The Bertz CT molecular complexity index is 972. The number of unbranched alkanes of at least 4 members (excludes halogenated alkanes) is 2. The minimum atomic E-state index is -0.243. The van der Waals surface area contributed by atoms with Crippen LogP contribution in [0.1, 0.15) is 42.5 Å². The summed E-state index contributed by atoms with van der Waals surface area (Å²) in [7, 11) is 1.58. The lowest BCUT2D eigenvalue weighted by molar-refractivity contribution is 0.332. The Morgan fingerprint density at radius 3 is 2.80 bits per heavy atom. The molecule has 30 heavy (non-hydrogen) atoms. The number of nitrogens with one attached hydrogen (secondary N) is 3. The van der Waals surface area contributed by atoms with Gasteiger partial charge in [-0.2, -0.15) is 0 Å². The minimum absolute atomic E-state index is 0.243. The molecule has 1 aromatic heterocycles. The van der Waals surface area contributed by atoms with Crippen molar-refractivity contribution < 1.29 is 4.74 Å². The molecule has 0 atom stereocenters. The van der Waals surface area contributed by atoms with E-state index in [1.807, 2.05) is 6.07 Å². The summed E-state index contributed by atoms with van der Waals surface area (Å²) in [5, 5.41) is 11.6. The quantitative estimate of drug-likeness (QED) is 0.241. The molecule has 0 bridgehead atoms. The molecule has 0 fully saturated rings. The number of aliphatic imine (C=N–C) groups is 1. The summed E-state index contributed by atoms with van der Waals surface area (Å²) in [5.41, 5.74) is 2.33. The van der Waals surface area contributed by atoms with Crippen molar-refractivity contribution in [3.8, 4) is 0 Å². The van der Waals surface area contributed by atoms with Gasteiger partial charge in [-0.15, -0.1) is 0 Å². The summed E-state index contributed by atoms with van der Waals surface area (Å²) >= 11 is 11.9. The minimum Gasteiger partial charge on any atom is -0.502 e. The van der Waals surface area contributed by atoms with Crippen molar-refractivity contribution in [3.63, 3.8) is 0 Å². The van der Waals surface area contributed by atoms with E-state index in [-0.39, 0.29) is 5.56 Å². The van der Waals surface area contributed by atoms with Gasteiger partial charge in [-0.25, -0.2) is 4.98 Å². The van der Waals surface area contributed by atoms with Crippen LogP contribution in [0.3, 0.4) is 0 Å². The van der Waals surface area contributed by atoms with Gasteiger partial charge in [-0.3, -0.25) is 14.8 Å². The van der Waals surface area contributed by atoms with Crippen LogP contribution >= 0.6 is 23.2 Å². The second kappa shape index (κ2) is 12.1. The van der Waals surface area contributed by atoms with Gasteiger partial charge in [0.2, 0.25) is 5.95 Å². The number of aromatic nitrogens is 2. The first-order valence-electron chi connectivity index (χ1n) is 9.48. The van der Waals surface area contributed by atoms with Crippen LogP contribution < -0.4 is 10.9 Å². The summed E-state index contributed by atoms with van der Waals surface area (Å²) in [5.74, 6) is 0.305. The molecule has 1 heterocycles. The van der Waals surface area contributed by atoms with Crippen LogP contribution in [0.2, 0.25) is 10.0 Å². The third kappa shape index (κ3) is 7.00. The number of halogens is 2. The summed E-state index contributed by atoms with van der Waals surface area (Å²) in [6.07, 6.45) is 6.62. The van der Waals surface area contributed by atoms with Gasteiger partial charge in [0.05, 0.1) is 28.5 Å². The molecule has 7 nitrogen and oxygen atoms in total. The number of hydrogen-bond acceptors (Lipinski definition) is 6. The number of H-pyrrole nitrogens is 1. The molecule has 0 saturated carbocycles. The highest BCUT2D eigenvalue weighted by molar-refractivity contribution is 6.42. The fourth-order valence-corrected chi connectivity index (χ4v) is 3.21. The van der Waals surface area contributed by atoms with Crippen LogP contribution in [0.15, 0.2) is 39.9 Å². The molecule has 0 aliphatic heterocycles. The number of anilines is 1. The van der Waals surface area contributed by atoms with E-state index in [2.05, 4.69) is 27.0 Å². The van der Waals surface area contributed by atoms with Crippen LogP contribution in [-0.4, -0.2) is 30.0 Å². The number of rotatable bonds is 12. The molecule has 0 spiro atoms. The fraction of sp³-hybridized carbons (Fsp3) is 0.333. The van der Waals surface area contributed by atoms with E-state index in [9.17, 15) is 4.79 Å². The van der Waals surface area contributed by atoms with Gasteiger partial charge in [-0.05, 0) is 50.1 Å². The van der Waals surface area contributed by atoms with Crippen molar-refractivity contribution in [2.24, 2.45) is 4.99 Å². The normalized spacial score (nSPS) is 11.2. The molecule has 160 valence electrons. The number of hydrogen-bond donors (Lipinski definition) is 3. The van der Waals surface area contributed by atoms with Crippen molar-refractivity contribution in [2.45, 2.75) is 38.6 Å². The molecular formula is C21H25Cl2N5O2. The van der Waals surface area contributed by atoms with E-state index in [0.717, 1.165) is 43.2 Å². The summed E-state index contributed by atoms with van der Waals surface area (Å²) < 4.78 is 4.94. The lowest BCUT2D eigenvalue weighted by Crippen LogP contribution is -2.20. The predicted octanol–water partition coefficient (Wildman–Crippen LogP) is 4.98. The van der Waals surface area contributed by atoms with Crippen LogP contribution in [-0.2, 0) is 17.7 Å². The average Bonchev–Trinajstić information content (AvgIpc) is 2.74. The van der Waals surface area contributed by atoms with Crippen molar-refractivity contribution in [3.05, 3.63) is 67.4 Å². The molecule has 0 radical (unpaired) electrons. The maximum absolute atomic E-state index is 12.5. The Kier molecular flexibility index (Phi) is 9.57. The van der Waals surface area contributed by atoms with Gasteiger partial charge in [0.15, 0.2) is 0 Å². The van der Waals surface area contributed by atoms with Crippen molar-refractivity contribution in [1.82, 2.24) is 9.97 Å². The van der Waals surface area contributed by atoms with Crippen molar-refractivity contribution in [2.75, 3.05) is 12.4 Å². The monoisotopic (exact) mass is 449 g/mol. The van der Waals surface area contributed by atoms with E-state index in [4.69, 9.17) is 33.3 Å². The van der Waals surface area contributed by atoms with E-state index in [1.54, 1.807) is 25.5 Å². The second-order valence-electron chi connectivity index (χ2n) is 6.59. The molecule has 0 amide bonds. The Hall–Kier alpha value is -2.64. The molecule has 3 N–H and O–H groups in total. The molecule has 2 rings (SSSR count). The molecule has 9 heteroatoms. The molecular weight excluding hydrogens is 425 g/mol. The number of methoxy groups -OCH3 is 1. The lowest BCUT2D eigenvalue weighted by atomic mass is 10.1. The highest BCUT2D eigenvalue weighted by Crippen LogP contribution is 2.22. The van der Waals surface area contributed by atoms with Crippen molar-refractivity contribution in [1.29, 1.82) is 5.41 Å². The highest BCUT2D eigenvalue weighted by Gasteiger charge is 2.10. The van der Waals surface area contributed by atoms with E-state index in [1.165, 1.54) is 0 Å². The van der Waals surface area contributed by atoms with Crippen molar-refractivity contribution >= 4 is 42.1 Å². The fourth-order valence-electron chi connectivity index (χ4n) is 2.89. The van der Waals surface area contributed by atoms with Crippen LogP contribution in [0, 0.1) is 5.41 Å². The Morgan fingerprint density at radius 1 is 1.33 bits per heavy atom. The molecule has 0 aliphatic rings. The summed E-state index contributed by atoms with van der Waals surface area (Å²) in [4.78, 5) is 23.5. The third-order valence-corrected chi connectivity index (χ3v) is 5.18. The van der Waals surface area contributed by atoms with Gasteiger partial charge < -0.3 is 15.5 Å². The van der Waals surface area contributed by atoms with Gasteiger partial charge >= 0.3 is 0 Å². The predicted molar refractivity (Wildman–Crippen MR) is 123 cm³/mol. The smallest absolute Gasteiger partial charge is 0.256 e. The molecule has 2 aromatic rings. The Balaban J connectivity index is 1.95.